The number of nitrogens with one attached hydrogen (secondary N) is 1. The van der Waals surface area contributed by atoms with Crippen molar-refractivity contribution in [2.45, 2.75) is 26.2 Å². The Bertz CT molecular complexity index is 984. The molecule has 2 aromatic carbocycles. The third-order valence-corrected chi connectivity index (χ3v) is 4.61. The molecule has 0 aliphatic carbocycles. The standard InChI is InChI=1S/C22H23N5O/c1-2-16-10-12-17(13-11-16)22(28)25-14-6-9-20-19(15-23)21(24)27(26-20)18-7-4-3-5-8-18/h3-5,7-8,10-13H,2,6,9,14,24H2,1H3,(H,25,28). The van der Waals surface area contributed by atoms with Crippen molar-refractivity contribution in [1.29, 1.82) is 5.26 Å². The van der Waals surface area contributed by atoms with Crippen LogP contribution in [0.2, 0.25) is 0 Å². The molecule has 1 amide bonds. The van der Waals surface area contributed by atoms with E-state index in [9.17, 15) is 10.1 Å². The van der Waals surface area contributed by atoms with Gasteiger partial charge in [0.15, 0.2) is 0 Å². The summed E-state index contributed by atoms with van der Waals surface area (Å²) in [5.41, 5.74) is 9.80. The summed E-state index contributed by atoms with van der Waals surface area (Å²) in [4.78, 5) is 12.2. The molecule has 28 heavy (non-hydrogen) atoms. The molecule has 0 fully saturated rings. The molecule has 3 N–H and O–H groups in total. The largest absolute Gasteiger partial charge is 0.382 e. The summed E-state index contributed by atoms with van der Waals surface area (Å²) < 4.78 is 1.59. The molecule has 1 aromatic heterocycles. The van der Waals surface area contributed by atoms with Gasteiger partial charge in [0.1, 0.15) is 17.5 Å². The van der Waals surface area contributed by atoms with E-state index in [-0.39, 0.29) is 5.91 Å². The molecule has 0 radical (unpaired) electrons. The van der Waals surface area contributed by atoms with E-state index in [1.54, 1.807) is 4.68 Å². The Hall–Kier alpha value is -3.59. The fraction of sp³-hybridized carbons (Fsp3) is 0.227. The number of carbonyl (C=O) groups excluding carboxylic acids is 1. The number of anilines is 1. The number of nitrogen functional groups attached to an aromatic ring is 1. The van der Waals surface area contributed by atoms with E-state index in [1.807, 2.05) is 54.6 Å². The third kappa shape index (κ3) is 4.21. The van der Waals surface area contributed by atoms with E-state index in [4.69, 9.17) is 5.73 Å². The molecule has 0 saturated carbocycles. The fourth-order valence-corrected chi connectivity index (χ4v) is 2.99. The molecule has 0 aliphatic heterocycles. The molecule has 0 unspecified atom stereocenters. The third-order valence-electron chi connectivity index (χ3n) is 4.61. The number of nitrogens with zero attached hydrogens (tertiary/aromatic N) is 3. The SMILES string of the molecule is CCc1ccc(C(=O)NCCCc2nn(-c3ccccc3)c(N)c2C#N)cc1. The molecule has 3 aromatic rings. The van der Waals surface area contributed by atoms with Gasteiger partial charge in [-0.2, -0.15) is 10.4 Å². The van der Waals surface area contributed by atoms with Crippen molar-refractivity contribution in [2.75, 3.05) is 12.3 Å². The van der Waals surface area contributed by atoms with Crippen LogP contribution in [0.3, 0.4) is 0 Å². The Morgan fingerprint density at radius 2 is 1.89 bits per heavy atom. The molecule has 0 spiro atoms. The average molecular weight is 373 g/mol. The Kier molecular flexibility index (Phi) is 6.07. The van der Waals surface area contributed by atoms with Crippen LogP contribution in [0.1, 0.15) is 40.5 Å². The van der Waals surface area contributed by atoms with Gasteiger partial charge < -0.3 is 11.1 Å². The first-order valence-electron chi connectivity index (χ1n) is 9.34. The molecule has 6 heteroatoms. The molecule has 3 rings (SSSR count). The molecule has 142 valence electrons. The summed E-state index contributed by atoms with van der Waals surface area (Å²) in [5.74, 6) is 0.237. The highest BCUT2D eigenvalue weighted by molar-refractivity contribution is 5.94. The summed E-state index contributed by atoms with van der Waals surface area (Å²) in [5, 5.41) is 16.9. The van der Waals surface area contributed by atoms with E-state index in [1.165, 1.54) is 5.56 Å². The van der Waals surface area contributed by atoms with Gasteiger partial charge in [-0.1, -0.05) is 37.3 Å². The maximum atomic E-state index is 12.2. The molecule has 0 saturated heterocycles. The predicted octanol–water partition coefficient (Wildman–Crippen LogP) is 3.25. The first kappa shape index (κ1) is 19.2. The van der Waals surface area contributed by atoms with Gasteiger partial charge >= 0.3 is 0 Å². The summed E-state index contributed by atoms with van der Waals surface area (Å²) in [6.07, 6.45) is 2.17. The number of aryl methyl sites for hydroxylation is 2. The molecule has 6 nitrogen and oxygen atoms in total. The lowest BCUT2D eigenvalue weighted by Crippen LogP contribution is -2.24. The monoisotopic (exact) mass is 373 g/mol. The van der Waals surface area contributed by atoms with Crippen molar-refractivity contribution in [1.82, 2.24) is 15.1 Å². The fourth-order valence-electron chi connectivity index (χ4n) is 2.99. The van der Waals surface area contributed by atoms with Crippen molar-refractivity contribution < 1.29 is 4.79 Å². The number of para-hydroxylation sites is 1. The van der Waals surface area contributed by atoms with Crippen LogP contribution < -0.4 is 11.1 Å². The summed E-state index contributed by atoms with van der Waals surface area (Å²) in [6.45, 7) is 2.58. The Balaban J connectivity index is 1.60. The van der Waals surface area contributed by atoms with E-state index in [0.717, 1.165) is 12.1 Å². The number of hydrogen-bond acceptors (Lipinski definition) is 4. The smallest absolute Gasteiger partial charge is 0.251 e. The molecular formula is C22H23N5O. The van der Waals surface area contributed by atoms with Crippen LogP contribution in [0.5, 0.6) is 0 Å². The van der Waals surface area contributed by atoms with Crippen molar-refractivity contribution in [3.8, 4) is 11.8 Å². The van der Waals surface area contributed by atoms with Crippen LogP contribution in [0.25, 0.3) is 5.69 Å². The quantitative estimate of drug-likeness (QED) is 0.621. The zero-order chi connectivity index (χ0) is 19.9. The average Bonchev–Trinajstić information content (AvgIpc) is 3.07. The summed E-state index contributed by atoms with van der Waals surface area (Å²) >= 11 is 0. The van der Waals surface area contributed by atoms with Gasteiger partial charge in [0.2, 0.25) is 0 Å². The van der Waals surface area contributed by atoms with Crippen molar-refractivity contribution in [3.63, 3.8) is 0 Å². The minimum atomic E-state index is -0.0995. The first-order valence-corrected chi connectivity index (χ1v) is 9.34. The molecule has 0 atom stereocenters. The highest BCUT2D eigenvalue weighted by Crippen LogP contribution is 2.21. The minimum Gasteiger partial charge on any atom is -0.382 e. The second-order valence-corrected chi connectivity index (χ2v) is 6.48. The second-order valence-electron chi connectivity index (χ2n) is 6.48. The van der Waals surface area contributed by atoms with Gasteiger partial charge in [-0.15, -0.1) is 0 Å². The maximum absolute atomic E-state index is 12.2. The Labute approximate surface area is 164 Å². The molecule has 0 aliphatic rings. The zero-order valence-corrected chi connectivity index (χ0v) is 15.9. The van der Waals surface area contributed by atoms with Crippen molar-refractivity contribution >= 4 is 11.7 Å². The second kappa shape index (κ2) is 8.87. The van der Waals surface area contributed by atoms with Gasteiger partial charge in [0, 0.05) is 12.1 Å². The first-order chi connectivity index (χ1) is 13.6. The van der Waals surface area contributed by atoms with Crippen LogP contribution in [0, 0.1) is 11.3 Å². The number of nitrogens with two attached hydrogens (primary N) is 1. The highest BCUT2D eigenvalue weighted by atomic mass is 16.1. The summed E-state index contributed by atoms with van der Waals surface area (Å²) in [6, 6.07) is 19.2. The van der Waals surface area contributed by atoms with Gasteiger partial charge in [0.25, 0.3) is 5.91 Å². The lowest BCUT2D eigenvalue weighted by Gasteiger charge is -2.05. The van der Waals surface area contributed by atoms with E-state index < -0.39 is 0 Å². The topological polar surface area (TPSA) is 96.7 Å². The van der Waals surface area contributed by atoms with Crippen molar-refractivity contribution in [3.05, 3.63) is 77.0 Å². The van der Waals surface area contributed by atoms with Crippen LogP contribution in [-0.2, 0) is 12.8 Å². The van der Waals surface area contributed by atoms with Crippen LogP contribution in [0.15, 0.2) is 54.6 Å². The number of nitriles is 1. The van der Waals surface area contributed by atoms with Gasteiger partial charge in [-0.05, 0) is 49.1 Å². The normalized spacial score (nSPS) is 10.4. The van der Waals surface area contributed by atoms with E-state index in [0.29, 0.717) is 42.0 Å². The van der Waals surface area contributed by atoms with Crippen LogP contribution in [-0.4, -0.2) is 22.2 Å². The predicted molar refractivity (Wildman–Crippen MR) is 109 cm³/mol. The van der Waals surface area contributed by atoms with Gasteiger partial charge in [-0.3, -0.25) is 4.79 Å². The number of amides is 1. The maximum Gasteiger partial charge on any atom is 0.251 e. The Morgan fingerprint density at radius 1 is 1.18 bits per heavy atom. The minimum absolute atomic E-state index is 0.0995. The number of rotatable bonds is 7. The van der Waals surface area contributed by atoms with E-state index >= 15 is 0 Å². The number of benzene rings is 2. The Morgan fingerprint density at radius 3 is 2.54 bits per heavy atom. The molecule has 1 heterocycles. The zero-order valence-electron chi connectivity index (χ0n) is 15.9. The lowest BCUT2D eigenvalue weighted by atomic mass is 10.1. The van der Waals surface area contributed by atoms with E-state index in [2.05, 4.69) is 23.4 Å². The van der Waals surface area contributed by atoms with Crippen LogP contribution >= 0.6 is 0 Å². The number of aromatic nitrogens is 2. The molecule has 0 bridgehead atoms. The van der Waals surface area contributed by atoms with Gasteiger partial charge in [0.05, 0.1) is 11.4 Å². The number of carbonyl (C=O) groups is 1. The van der Waals surface area contributed by atoms with Crippen LogP contribution in [0.4, 0.5) is 5.82 Å². The highest BCUT2D eigenvalue weighted by Gasteiger charge is 2.16. The lowest BCUT2D eigenvalue weighted by molar-refractivity contribution is 0.0953. The molecular weight excluding hydrogens is 350 g/mol. The van der Waals surface area contributed by atoms with Crippen molar-refractivity contribution in [2.24, 2.45) is 0 Å². The summed E-state index contributed by atoms with van der Waals surface area (Å²) in [7, 11) is 0. The van der Waals surface area contributed by atoms with Gasteiger partial charge in [-0.25, -0.2) is 4.68 Å². The number of hydrogen-bond donors (Lipinski definition) is 2.